The van der Waals surface area contributed by atoms with Gasteiger partial charge in [0.2, 0.25) is 0 Å². The minimum Gasteiger partial charge on any atom is -0.493 e. The monoisotopic (exact) mass is 221 g/mol. The Morgan fingerprint density at radius 2 is 2.31 bits per heavy atom. The molecule has 1 aromatic rings. The molecule has 86 valence electrons. The van der Waals surface area contributed by atoms with E-state index in [0.29, 0.717) is 23.7 Å². The SMILES string of the molecule is COc1ccc(C(=O)C(C)N)c2c1OCC2. The van der Waals surface area contributed by atoms with Gasteiger partial charge in [-0.2, -0.15) is 0 Å². The maximum Gasteiger partial charge on any atom is 0.179 e. The Kier molecular flexibility index (Phi) is 2.83. The lowest BCUT2D eigenvalue weighted by Crippen LogP contribution is -2.27. The predicted octanol–water partition coefficient (Wildman–Crippen LogP) is 1.16. The molecule has 0 aromatic heterocycles. The van der Waals surface area contributed by atoms with Gasteiger partial charge in [-0.1, -0.05) is 0 Å². The molecule has 0 radical (unpaired) electrons. The van der Waals surface area contributed by atoms with Crippen LogP contribution in [0.15, 0.2) is 12.1 Å². The topological polar surface area (TPSA) is 61.5 Å². The van der Waals surface area contributed by atoms with Crippen molar-refractivity contribution in [1.82, 2.24) is 0 Å². The van der Waals surface area contributed by atoms with E-state index in [1.807, 2.05) is 0 Å². The summed E-state index contributed by atoms with van der Waals surface area (Å²) in [5, 5.41) is 0. The summed E-state index contributed by atoms with van der Waals surface area (Å²) in [6.07, 6.45) is 0.736. The molecule has 16 heavy (non-hydrogen) atoms. The van der Waals surface area contributed by atoms with Crippen molar-refractivity contribution < 1.29 is 14.3 Å². The van der Waals surface area contributed by atoms with Gasteiger partial charge in [0.25, 0.3) is 0 Å². The summed E-state index contributed by atoms with van der Waals surface area (Å²) < 4.78 is 10.7. The normalized spacial score (nSPS) is 15.2. The average molecular weight is 221 g/mol. The van der Waals surface area contributed by atoms with E-state index < -0.39 is 6.04 Å². The van der Waals surface area contributed by atoms with E-state index in [2.05, 4.69) is 0 Å². The third-order valence-corrected chi connectivity index (χ3v) is 2.72. The molecule has 0 bridgehead atoms. The Bertz CT molecular complexity index is 427. The number of methoxy groups -OCH3 is 1. The number of hydrogen-bond donors (Lipinski definition) is 1. The van der Waals surface area contributed by atoms with E-state index in [1.54, 1.807) is 26.2 Å². The van der Waals surface area contributed by atoms with Crippen molar-refractivity contribution in [1.29, 1.82) is 0 Å². The number of carbonyl (C=O) groups excluding carboxylic acids is 1. The molecule has 1 unspecified atom stereocenters. The lowest BCUT2D eigenvalue weighted by molar-refractivity contribution is 0.0967. The molecule has 1 atom stereocenters. The van der Waals surface area contributed by atoms with Crippen molar-refractivity contribution in [3.8, 4) is 11.5 Å². The maximum absolute atomic E-state index is 11.9. The lowest BCUT2D eigenvalue weighted by Gasteiger charge is -2.11. The number of nitrogens with two attached hydrogens (primary N) is 1. The fourth-order valence-corrected chi connectivity index (χ4v) is 1.90. The quantitative estimate of drug-likeness (QED) is 0.778. The van der Waals surface area contributed by atoms with E-state index in [-0.39, 0.29) is 5.78 Å². The summed E-state index contributed by atoms with van der Waals surface area (Å²) in [4.78, 5) is 11.9. The molecule has 4 nitrogen and oxygen atoms in total. The highest BCUT2D eigenvalue weighted by atomic mass is 16.5. The van der Waals surface area contributed by atoms with Gasteiger partial charge in [-0.3, -0.25) is 4.79 Å². The van der Waals surface area contributed by atoms with Crippen molar-refractivity contribution in [3.63, 3.8) is 0 Å². The Morgan fingerprint density at radius 1 is 1.56 bits per heavy atom. The van der Waals surface area contributed by atoms with Crippen LogP contribution in [0.1, 0.15) is 22.8 Å². The van der Waals surface area contributed by atoms with Crippen molar-refractivity contribution in [2.24, 2.45) is 5.73 Å². The van der Waals surface area contributed by atoms with Crippen molar-refractivity contribution in [2.45, 2.75) is 19.4 Å². The van der Waals surface area contributed by atoms with Crippen LogP contribution in [0.4, 0.5) is 0 Å². The largest absolute Gasteiger partial charge is 0.493 e. The molecule has 2 rings (SSSR count). The molecule has 0 spiro atoms. The predicted molar refractivity (Wildman–Crippen MR) is 60.2 cm³/mol. The summed E-state index contributed by atoms with van der Waals surface area (Å²) in [5.41, 5.74) is 7.19. The number of hydrogen-bond acceptors (Lipinski definition) is 4. The van der Waals surface area contributed by atoms with E-state index >= 15 is 0 Å². The standard InChI is InChI=1S/C12H15NO3/c1-7(13)11(14)8-3-4-10(15-2)12-9(8)5-6-16-12/h3-4,7H,5-6,13H2,1-2H3. The van der Waals surface area contributed by atoms with Gasteiger partial charge in [0.15, 0.2) is 17.3 Å². The molecular weight excluding hydrogens is 206 g/mol. The van der Waals surface area contributed by atoms with Crippen LogP contribution in [0, 0.1) is 0 Å². The maximum atomic E-state index is 11.9. The van der Waals surface area contributed by atoms with Crippen LogP contribution >= 0.6 is 0 Å². The van der Waals surface area contributed by atoms with Gasteiger partial charge in [0.05, 0.1) is 19.8 Å². The Hall–Kier alpha value is -1.55. The third kappa shape index (κ3) is 1.65. The third-order valence-electron chi connectivity index (χ3n) is 2.72. The minimum atomic E-state index is -0.488. The van der Waals surface area contributed by atoms with Crippen LogP contribution in [0.3, 0.4) is 0 Å². The zero-order valence-corrected chi connectivity index (χ0v) is 9.45. The van der Waals surface area contributed by atoms with Crippen molar-refractivity contribution >= 4 is 5.78 Å². The molecule has 1 aliphatic rings. The van der Waals surface area contributed by atoms with Crippen LogP contribution in [0.5, 0.6) is 11.5 Å². The molecule has 1 heterocycles. The van der Waals surface area contributed by atoms with Crippen molar-refractivity contribution in [3.05, 3.63) is 23.3 Å². The summed E-state index contributed by atoms with van der Waals surface area (Å²) in [5.74, 6) is 1.31. The zero-order chi connectivity index (χ0) is 11.7. The highest BCUT2D eigenvalue weighted by Gasteiger charge is 2.25. The molecule has 0 saturated carbocycles. The molecule has 1 aromatic carbocycles. The summed E-state index contributed by atoms with van der Waals surface area (Å²) in [6.45, 7) is 2.28. The summed E-state index contributed by atoms with van der Waals surface area (Å²) >= 11 is 0. The number of fused-ring (bicyclic) bond motifs is 1. The van der Waals surface area contributed by atoms with E-state index in [1.165, 1.54) is 0 Å². The number of carbonyl (C=O) groups is 1. The van der Waals surface area contributed by atoms with Gasteiger partial charge in [-0.25, -0.2) is 0 Å². The summed E-state index contributed by atoms with van der Waals surface area (Å²) in [6, 6.07) is 3.02. The van der Waals surface area contributed by atoms with Crippen LogP contribution in [-0.2, 0) is 6.42 Å². The average Bonchev–Trinajstić information content (AvgIpc) is 2.75. The van der Waals surface area contributed by atoms with E-state index in [9.17, 15) is 4.79 Å². The molecule has 0 saturated heterocycles. The van der Waals surface area contributed by atoms with Crippen LogP contribution < -0.4 is 15.2 Å². The second-order valence-electron chi connectivity index (χ2n) is 3.87. The van der Waals surface area contributed by atoms with Gasteiger partial charge in [0.1, 0.15) is 0 Å². The first kappa shape index (κ1) is 11.0. The highest BCUT2D eigenvalue weighted by Crippen LogP contribution is 2.37. The first-order valence-electron chi connectivity index (χ1n) is 5.27. The molecule has 0 fully saturated rings. The van der Waals surface area contributed by atoms with Gasteiger partial charge >= 0.3 is 0 Å². The number of Topliss-reactive ketones (excluding diaryl/α,β-unsaturated/α-hetero) is 1. The number of rotatable bonds is 3. The first-order valence-corrected chi connectivity index (χ1v) is 5.27. The van der Waals surface area contributed by atoms with Crippen LogP contribution in [0.2, 0.25) is 0 Å². The summed E-state index contributed by atoms with van der Waals surface area (Å²) in [7, 11) is 1.59. The number of benzene rings is 1. The Labute approximate surface area is 94.3 Å². The molecule has 0 amide bonds. The van der Waals surface area contributed by atoms with Crippen molar-refractivity contribution in [2.75, 3.05) is 13.7 Å². The van der Waals surface area contributed by atoms with Crippen LogP contribution in [0.25, 0.3) is 0 Å². The van der Waals surface area contributed by atoms with Crippen LogP contribution in [-0.4, -0.2) is 25.5 Å². The van der Waals surface area contributed by atoms with E-state index in [0.717, 1.165) is 12.0 Å². The van der Waals surface area contributed by atoms with Gasteiger partial charge in [0, 0.05) is 17.5 Å². The zero-order valence-electron chi connectivity index (χ0n) is 9.45. The fraction of sp³-hybridized carbons (Fsp3) is 0.417. The fourth-order valence-electron chi connectivity index (χ4n) is 1.90. The molecule has 4 heteroatoms. The smallest absolute Gasteiger partial charge is 0.179 e. The van der Waals surface area contributed by atoms with Gasteiger partial charge in [-0.15, -0.1) is 0 Å². The minimum absolute atomic E-state index is 0.0515. The second-order valence-corrected chi connectivity index (χ2v) is 3.87. The number of ether oxygens (including phenoxy) is 2. The number of ketones is 1. The lowest BCUT2D eigenvalue weighted by atomic mass is 9.98. The van der Waals surface area contributed by atoms with E-state index in [4.69, 9.17) is 15.2 Å². The molecule has 2 N–H and O–H groups in total. The molecule has 1 aliphatic heterocycles. The molecule has 0 aliphatic carbocycles. The van der Waals surface area contributed by atoms with Gasteiger partial charge < -0.3 is 15.2 Å². The second kappa shape index (κ2) is 4.14. The Morgan fingerprint density at radius 3 is 2.94 bits per heavy atom. The highest BCUT2D eigenvalue weighted by molar-refractivity contribution is 6.01. The Balaban J connectivity index is 2.50. The molecular formula is C12H15NO3. The first-order chi connectivity index (χ1) is 7.65. The van der Waals surface area contributed by atoms with Gasteiger partial charge in [-0.05, 0) is 19.1 Å².